The molecule has 3 heteroatoms. The van der Waals surface area contributed by atoms with Gasteiger partial charge in [-0.1, -0.05) is 17.9 Å². The first-order chi connectivity index (χ1) is 7.26. The van der Waals surface area contributed by atoms with Gasteiger partial charge < -0.3 is 4.74 Å². The molecule has 0 heterocycles. The van der Waals surface area contributed by atoms with Crippen molar-refractivity contribution in [3.05, 3.63) is 35.4 Å². The van der Waals surface area contributed by atoms with Crippen molar-refractivity contribution in [3.8, 4) is 17.9 Å². The molecule has 3 nitrogen and oxygen atoms in total. The summed E-state index contributed by atoms with van der Waals surface area (Å²) in [5.74, 6) is 5.09. The van der Waals surface area contributed by atoms with Gasteiger partial charge in [-0.05, 0) is 18.2 Å². The number of rotatable bonds is 1. The van der Waals surface area contributed by atoms with Gasteiger partial charge in [0.25, 0.3) is 0 Å². The van der Waals surface area contributed by atoms with Crippen LogP contribution in [0.15, 0.2) is 24.3 Å². The van der Waals surface area contributed by atoms with Crippen LogP contribution in [0.2, 0.25) is 0 Å². The van der Waals surface area contributed by atoms with E-state index in [-0.39, 0.29) is 12.4 Å². The Bertz CT molecular complexity index is 460. The number of esters is 1. The topological polar surface area (TPSA) is 50.1 Å². The van der Waals surface area contributed by atoms with Crippen LogP contribution in [0.1, 0.15) is 17.5 Å². The van der Waals surface area contributed by atoms with Crippen LogP contribution in [0.3, 0.4) is 0 Å². The molecule has 0 radical (unpaired) electrons. The quantitative estimate of drug-likeness (QED) is 0.508. The summed E-state index contributed by atoms with van der Waals surface area (Å²) < 4.78 is 4.44. The van der Waals surface area contributed by atoms with E-state index in [2.05, 4.69) is 16.6 Å². The Morgan fingerprint density at radius 1 is 1.47 bits per heavy atom. The number of carbonyl (C=O) groups is 1. The standard InChI is InChI=1S/C12H9NO2/c1-15-12(14)7-3-5-10-4-2-6-11(8-10)9-13/h2,4,6,8H,7H2,1H3. The molecule has 0 unspecified atom stereocenters. The lowest BCUT2D eigenvalue weighted by Crippen LogP contribution is -1.96. The highest BCUT2D eigenvalue weighted by Gasteiger charge is 1.94. The van der Waals surface area contributed by atoms with E-state index in [0.717, 1.165) is 5.56 Å². The first-order valence-electron chi connectivity index (χ1n) is 4.32. The number of methoxy groups -OCH3 is 1. The lowest BCUT2D eigenvalue weighted by Gasteiger charge is -1.91. The highest BCUT2D eigenvalue weighted by molar-refractivity contribution is 5.72. The van der Waals surface area contributed by atoms with Gasteiger partial charge in [-0.3, -0.25) is 4.79 Å². The predicted molar refractivity (Wildman–Crippen MR) is 54.7 cm³/mol. The zero-order valence-electron chi connectivity index (χ0n) is 8.28. The van der Waals surface area contributed by atoms with E-state index in [1.165, 1.54) is 7.11 Å². The van der Waals surface area contributed by atoms with Gasteiger partial charge in [0.2, 0.25) is 0 Å². The van der Waals surface area contributed by atoms with Crippen LogP contribution in [0.4, 0.5) is 0 Å². The van der Waals surface area contributed by atoms with Crippen molar-refractivity contribution in [3.63, 3.8) is 0 Å². The molecule has 0 aliphatic carbocycles. The average Bonchev–Trinajstić information content (AvgIpc) is 2.29. The molecule has 1 aromatic carbocycles. The average molecular weight is 199 g/mol. The van der Waals surface area contributed by atoms with Crippen LogP contribution in [0, 0.1) is 23.2 Å². The van der Waals surface area contributed by atoms with E-state index in [4.69, 9.17) is 5.26 Å². The fourth-order valence-electron chi connectivity index (χ4n) is 0.957. The lowest BCUT2D eigenvalue weighted by molar-refractivity contribution is -0.139. The molecule has 1 aromatic rings. The highest BCUT2D eigenvalue weighted by Crippen LogP contribution is 2.02. The molecule has 0 saturated carbocycles. The minimum absolute atomic E-state index is 0.0628. The monoisotopic (exact) mass is 199 g/mol. The molecule has 0 saturated heterocycles. The van der Waals surface area contributed by atoms with Crippen LogP contribution < -0.4 is 0 Å². The molecule has 0 fully saturated rings. The van der Waals surface area contributed by atoms with Crippen LogP contribution >= 0.6 is 0 Å². The SMILES string of the molecule is COC(=O)CC#Cc1cccc(C#N)c1. The minimum Gasteiger partial charge on any atom is -0.468 e. The Balaban J connectivity index is 2.72. The summed E-state index contributed by atoms with van der Waals surface area (Å²) in [4.78, 5) is 10.7. The molecule has 0 spiro atoms. The summed E-state index contributed by atoms with van der Waals surface area (Å²) in [6.45, 7) is 0. The molecule has 1 rings (SSSR count). The van der Waals surface area contributed by atoms with Gasteiger partial charge in [0.15, 0.2) is 0 Å². The Morgan fingerprint density at radius 3 is 2.87 bits per heavy atom. The van der Waals surface area contributed by atoms with Crippen molar-refractivity contribution in [2.45, 2.75) is 6.42 Å². The fraction of sp³-hybridized carbons (Fsp3) is 0.167. The molecule has 0 amide bonds. The molecule has 0 aliphatic heterocycles. The Labute approximate surface area is 88.3 Å². The fourth-order valence-corrected chi connectivity index (χ4v) is 0.957. The molecule has 0 bridgehead atoms. The number of nitrogens with zero attached hydrogens (tertiary/aromatic N) is 1. The second kappa shape index (κ2) is 5.47. The maximum Gasteiger partial charge on any atom is 0.317 e. The van der Waals surface area contributed by atoms with Gasteiger partial charge in [0.1, 0.15) is 6.42 Å². The smallest absolute Gasteiger partial charge is 0.317 e. The zero-order valence-corrected chi connectivity index (χ0v) is 8.28. The van der Waals surface area contributed by atoms with E-state index < -0.39 is 0 Å². The maximum atomic E-state index is 10.7. The molecule has 15 heavy (non-hydrogen) atoms. The van der Waals surface area contributed by atoms with Gasteiger partial charge >= 0.3 is 5.97 Å². The van der Waals surface area contributed by atoms with E-state index in [1.807, 2.05) is 6.07 Å². The largest absolute Gasteiger partial charge is 0.468 e. The lowest BCUT2D eigenvalue weighted by atomic mass is 10.1. The molecular formula is C12H9NO2. The molecule has 0 atom stereocenters. The van der Waals surface area contributed by atoms with Crippen LogP contribution in [0.25, 0.3) is 0 Å². The van der Waals surface area contributed by atoms with Crippen molar-refractivity contribution in [2.75, 3.05) is 7.11 Å². The van der Waals surface area contributed by atoms with Crippen molar-refractivity contribution in [2.24, 2.45) is 0 Å². The predicted octanol–water partition coefficient (Wildman–Crippen LogP) is 1.47. The number of carbonyl (C=O) groups excluding carboxylic acids is 1. The summed E-state index contributed by atoms with van der Waals surface area (Å²) in [5, 5.41) is 8.64. The van der Waals surface area contributed by atoms with E-state index in [9.17, 15) is 4.79 Å². The summed E-state index contributed by atoms with van der Waals surface area (Å²) in [6.07, 6.45) is 0.0628. The van der Waals surface area contributed by atoms with Gasteiger partial charge in [-0.25, -0.2) is 0 Å². The maximum absolute atomic E-state index is 10.7. The third kappa shape index (κ3) is 3.54. The van der Waals surface area contributed by atoms with Crippen molar-refractivity contribution in [1.82, 2.24) is 0 Å². The van der Waals surface area contributed by atoms with Crippen LogP contribution in [0.5, 0.6) is 0 Å². The van der Waals surface area contributed by atoms with Crippen molar-refractivity contribution < 1.29 is 9.53 Å². The number of hydrogen-bond acceptors (Lipinski definition) is 3. The second-order valence-electron chi connectivity index (χ2n) is 2.75. The molecule has 0 aliphatic rings. The van der Waals surface area contributed by atoms with Gasteiger partial charge in [0, 0.05) is 5.56 Å². The summed E-state index contributed by atoms with van der Waals surface area (Å²) in [6, 6.07) is 8.92. The third-order valence-corrected chi connectivity index (χ3v) is 1.68. The van der Waals surface area contributed by atoms with Gasteiger partial charge in [-0.15, -0.1) is 0 Å². The van der Waals surface area contributed by atoms with Crippen LogP contribution in [-0.4, -0.2) is 13.1 Å². The minimum atomic E-state index is -0.362. The Hall–Kier alpha value is -2.26. The molecule has 0 N–H and O–H groups in total. The number of nitriles is 1. The molecule has 74 valence electrons. The first kappa shape index (κ1) is 10.8. The number of hydrogen-bond donors (Lipinski definition) is 0. The van der Waals surface area contributed by atoms with Gasteiger partial charge in [-0.2, -0.15) is 5.26 Å². The van der Waals surface area contributed by atoms with Crippen molar-refractivity contribution >= 4 is 5.97 Å². The summed E-state index contributed by atoms with van der Waals surface area (Å²) in [7, 11) is 1.32. The number of benzene rings is 1. The first-order valence-corrected chi connectivity index (χ1v) is 4.32. The van der Waals surface area contributed by atoms with Crippen LogP contribution in [-0.2, 0) is 9.53 Å². The highest BCUT2D eigenvalue weighted by atomic mass is 16.5. The molecular weight excluding hydrogens is 190 g/mol. The van der Waals surface area contributed by atoms with E-state index in [0.29, 0.717) is 5.56 Å². The Morgan fingerprint density at radius 2 is 2.20 bits per heavy atom. The number of ether oxygens (including phenoxy) is 1. The zero-order chi connectivity index (χ0) is 11.1. The third-order valence-electron chi connectivity index (χ3n) is 1.68. The van der Waals surface area contributed by atoms with Crippen molar-refractivity contribution in [1.29, 1.82) is 5.26 Å². The second-order valence-corrected chi connectivity index (χ2v) is 2.75. The van der Waals surface area contributed by atoms with E-state index >= 15 is 0 Å². The molecule has 0 aromatic heterocycles. The summed E-state index contributed by atoms with van der Waals surface area (Å²) in [5.41, 5.74) is 1.28. The Kier molecular flexibility index (Phi) is 3.94. The van der Waals surface area contributed by atoms with E-state index in [1.54, 1.807) is 24.3 Å². The van der Waals surface area contributed by atoms with Gasteiger partial charge in [0.05, 0.1) is 18.7 Å². The normalized spacial score (nSPS) is 8.27. The summed E-state index contributed by atoms with van der Waals surface area (Å²) >= 11 is 0.